The van der Waals surface area contributed by atoms with Crippen molar-refractivity contribution in [3.63, 3.8) is 0 Å². The van der Waals surface area contributed by atoms with Gasteiger partial charge >= 0.3 is 0 Å². The van der Waals surface area contributed by atoms with E-state index < -0.39 is 10.0 Å². The van der Waals surface area contributed by atoms with Crippen LogP contribution in [0, 0.1) is 0 Å². The summed E-state index contributed by atoms with van der Waals surface area (Å²) in [6.45, 7) is 1.70. The highest BCUT2D eigenvalue weighted by molar-refractivity contribution is 7.89. The predicted molar refractivity (Wildman–Crippen MR) is 117 cm³/mol. The zero-order valence-corrected chi connectivity index (χ0v) is 18.2. The van der Waals surface area contributed by atoms with Crippen molar-refractivity contribution in [2.75, 3.05) is 33.9 Å². The molecule has 29 heavy (non-hydrogen) atoms. The zero-order chi connectivity index (χ0) is 21.1. The molecule has 0 aliphatic carbocycles. The third kappa shape index (κ3) is 8.02. The van der Waals surface area contributed by atoms with Crippen molar-refractivity contribution in [3.8, 4) is 0 Å². The molecule has 0 radical (unpaired) electrons. The summed E-state index contributed by atoms with van der Waals surface area (Å²) in [5.41, 5.74) is 2.01. The van der Waals surface area contributed by atoms with E-state index in [-0.39, 0.29) is 11.4 Å². The number of hydrogen-bond donors (Lipinski definition) is 3. The summed E-state index contributed by atoms with van der Waals surface area (Å²) in [6, 6.07) is 14.5. The zero-order valence-electron chi connectivity index (χ0n) is 16.6. The monoisotopic (exact) mass is 438 g/mol. The van der Waals surface area contributed by atoms with Crippen molar-refractivity contribution in [1.82, 2.24) is 15.4 Å². The van der Waals surface area contributed by atoms with E-state index in [9.17, 15) is 8.42 Å². The maximum Gasteiger partial charge on any atom is 0.240 e. The number of aliphatic imine (C=N–C) groups is 1. The van der Waals surface area contributed by atoms with E-state index >= 15 is 0 Å². The fourth-order valence-electron chi connectivity index (χ4n) is 2.57. The lowest BCUT2D eigenvalue weighted by Crippen LogP contribution is -2.37. The molecule has 0 aliphatic heterocycles. The van der Waals surface area contributed by atoms with E-state index in [1.54, 1.807) is 25.2 Å². The minimum absolute atomic E-state index is 0.221. The highest BCUT2D eigenvalue weighted by Gasteiger charge is 2.13. The first kappa shape index (κ1) is 23.2. The molecule has 0 atom stereocenters. The second-order valence-electron chi connectivity index (χ2n) is 6.27. The SMILES string of the molecule is CN=C(NCCc1ccc(Cl)cc1)NCc1cccc(S(=O)(=O)NCCOC)c1. The summed E-state index contributed by atoms with van der Waals surface area (Å²) in [5.74, 6) is 0.644. The molecule has 2 rings (SSSR count). The highest BCUT2D eigenvalue weighted by Crippen LogP contribution is 2.11. The molecule has 0 saturated heterocycles. The lowest BCUT2D eigenvalue weighted by atomic mass is 10.1. The molecular weight excluding hydrogens is 412 g/mol. The van der Waals surface area contributed by atoms with Crippen LogP contribution in [0.1, 0.15) is 11.1 Å². The molecule has 158 valence electrons. The van der Waals surface area contributed by atoms with Crippen molar-refractivity contribution in [2.24, 2.45) is 4.99 Å². The summed E-state index contributed by atoms with van der Waals surface area (Å²) in [5, 5.41) is 7.16. The van der Waals surface area contributed by atoms with Gasteiger partial charge in [0.1, 0.15) is 0 Å². The molecular formula is C20H27ClN4O3S. The molecule has 0 saturated carbocycles. The van der Waals surface area contributed by atoms with Gasteiger partial charge in [0.05, 0.1) is 11.5 Å². The molecule has 0 heterocycles. The topological polar surface area (TPSA) is 91.8 Å². The van der Waals surface area contributed by atoms with Gasteiger partial charge in [0.15, 0.2) is 5.96 Å². The molecule has 3 N–H and O–H groups in total. The van der Waals surface area contributed by atoms with Crippen LogP contribution in [0.15, 0.2) is 58.4 Å². The van der Waals surface area contributed by atoms with Crippen LogP contribution < -0.4 is 15.4 Å². The molecule has 0 spiro atoms. The number of guanidine groups is 1. The van der Waals surface area contributed by atoms with Crippen LogP contribution in [0.5, 0.6) is 0 Å². The van der Waals surface area contributed by atoms with Gasteiger partial charge in [-0.05, 0) is 41.8 Å². The number of nitrogens with zero attached hydrogens (tertiary/aromatic N) is 1. The third-order valence-corrected chi connectivity index (χ3v) is 5.82. The van der Waals surface area contributed by atoms with E-state index in [4.69, 9.17) is 16.3 Å². The Morgan fingerprint density at radius 3 is 2.52 bits per heavy atom. The smallest absolute Gasteiger partial charge is 0.240 e. The molecule has 0 bridgehead atoms. The molecule has 0 amide bonds. The number of rotatable bonds is 10. The van der Waals surface area contributed by atoms with Crippen LogP contribution in [-0.4, -0.2) is 48.2 Å². The number of hydrogen-bond acceptors (Lipinski definition) is 4. The Balaban J connectivity index is 1.86. The molecule has 0 fully saturated rings. The minimum Gasteiger partial charge on any atom is -0.383 e. The van der Waals surface area contributed by atoms with Gasteiger partial charge in [-0.25, -0.2) is 13.1 Å². The Morgan fingerprint density at radius 2 is 1.83 bits per heavy atom. The number of ether oxygens (including phenoxy) is 1. The van der Waals surface area contributed by atoms with Gasteiger partial charge < -0.3 is 15.4 Å². The maximum atomic E-state index is 12.3. The Kier molecular flexibility index (Phi) is 9.40. The minimum atomic E-state index is -3.56. The van der Waals surface area contributed by atoms with Crippen LogP contribution in [0.25, 0.3) is 0 Å². The average Bonchev–Trinajstić information content (AvgIpc) is 2.72. The number of nitrogens with one attached hydrogen (secondary N) is 3. The van der Waals surface area contributed by atoms with Gasteiger partial charge in [0.2, 0.25) is 10.0 Å². The van der Waals surface area contributed by atoms with Gasteiger partial charge in [-0.2, -0.15) is 0 Å². The van der Waals surface area contributed by atoms with Gasteiger partial charge in [-0.3, -0.25) is 4.99 Å². The maximum absolute atomic E-state index is 12.3. The average molecular weight is 439 g/mol. The molecule has 9 heteroatoms. The fraction of sp³-hybridized carbons (Fsp3) is 0.350. The van der Waals surface area contributed by atoms with Gasteiger partial charge in [0, 0.05) is 38.8 Å². The van der Waals surface area contributed by atoms with Crippen LogP contribution in [0.2, 0.25) is 5.02 Å². The normalized spacial score (nSPS) is 12.0. The van der Waals surface area contributed by atoms with Gasteiger partial charge in [-0.15, -0.1) is 0 Å². The van der Waals surface area contributed by atoms with Crippen molar-refractivity contribution in [2.45, 2.75) is 17.9 Å². The van der Waals surface area contributed by atoms with E-state index in [2.05, 4.69) is 20.3 Å². The summed E-state index contributed by atoms with van der Waals surface area (Å²) >= 11 is 5.90. The van der Waals surface area contributed by atoms with E-state index in [1.807, 2.05) is 30.3 Å². The van der Waals surface area contributed by atoms with Gasteiger partial charge in [0.25, 0.3) is 0 Å². The number of benzene rings is 2. The Hall–Kier alpha value is -2.13. The molecule has 0 aromatic heterocycles. The van der Waals surface area contributed by atoms with Crippen LogP contribution in [-0.2, 0) is 27.7 Å². The lowest BCUT2D eigenvalue weighted by Gasteiger charge is -2.13. The van der Waals surface area contributed by atoms with E-state index in [1.165, 1.54) is 12.7 Å². The lowest BCUT2D eigenvalue weighted by molar-refractivity contribution is 0.204. The quantitative estimate of drug-likeness (QED) is 0.300. The molecule has 0 aliphatic rings. The molecule has 2 aromatic rings. The van der Waals surface area contributed by atoms with Crippen LogP contribution >= 0.6 is 11.6 Å². The third-order valence-electron chi connectivity index (χ3n) is 4.11. The second-order valence-corrected chi connectivity index (χ2v) is 8.47. The number of halogens is 1. The summed E-state index contributed by atoms with van der Waals surface area (Å²) in [4.78, 5) is 4.42. The first-order chi connectivity index (χ1) is 13.9. The highest BCUT2D eigenvalue weighted by atomic mass is 35.5. The Bertz CT molecular complexity index is 902. The van der Waals surface area contributed by atoms with Crippen molar-refractivity contribution in [1.29, 1.82) is 0 Å². The summed E-state index contributed by atoms with van der Waals surface area (Å²) in [7, 11) is -0.343. The van der Waals surface area contributed by atoms with Gasteiger partial charge in [-0.1, -0.05) is 35.9 Å². The fourth-order valence-corrected chi connectivity index (χ4v) is 3.78. The largest absolute Gasteiger partial charge is 0.383 e. The number of sulfonamides is 1. The Labute approximate surface area is 177 Å². The predicted octanol–water partition coefficient (Wildman–Crippen LogP) is 2.17. The van der Waals surface area contributed by atoms with Crippen LogP contribution in [0.4, 0.5) is 0 Å². The first-order valence-electron chi connectivity index (χ1n) is 9.21. The van der Waals surface area contributed by atoms with Crippen LogP contribution in [0.3, 0.4) is 0 Å². The Morgan fingerprint density at radius 1 is 1.07 bits per heavy atom. The molecule has 2 aromatic carbocycles. The van der Waals surface area contributed by atoms with E-state index in [0.717, 1.165) is 17.0 Å². The number of methoxy groups -OCH3 is 1. The summed E-state index contributed by atoms with van der Waals surface area (Å²) in [6.07, 6.45) is 0.832. The molecule has 7 nitrogen and oxygen atoms in total. The first-order valence-corrected chi connectivity index (χ1v) is 11.1. The second kappa shape index (κ2) is 11.8. The summed E-state index contributed by atoms with van der Waals surface area (Å²) < 4.78 is 32.0. The van der Waals surface area contributed by atoms with Crippen molar-refractivity contribution < 1.29 is 13.2 Å². The van der Waals surface area contributed by atoms with E-state index in [0.29, 0.717) is 25.7 Å². The standard InChI is InChI=1S/C20H27ClN4O3S/c1-22-20(23-11-10-16-6-8-18(21)9-7-16)24-15-17-4-3-5-19(14-17)29(26,27)25-12-13-28-2/h3-9,14,25H,10-13,15H2,1-2H3,(H2,22,23,24). The van der Waals surface area contributed by atoms with Crippen molar-refractivity contribution in [3.05, 3.63) is 64.7 Å². The molecule has 0 unspecified atom stereocenters. The van der Waals surface area contributed by atoms with Crippen molar-refractivity contribution >= 4 is 27.6 Å².